The highest BCUT2D eigenvalue weighted by atomic mass is 16.1. The Bertz CT molecular complexity index is 190. The molecule has 2 N–H and O–H groups in total. The normalized spacial score (nSPS) is 23.2. The van der Waals surface area contributed by atoms with E-state index in [2.05, 4.69) is 31.4 Å². The maximum Gasteiger partial charge on any atom is 0.220 e. The molecule has 82 valence electrons. The van der Waals surface area contributed by atoms with Crippen LogP contribution >= 0.6 is 0 Å². The minimum Gasteiger partial charge on any atom is -0.352 e. The van der Waals surface area contributed by atoms with E-state index in [0.717, 1.165) is 19.5 Å². The highest BCUT2D eigenvalue weighted by Crippen LogP contribution is 2.18. The van der Waals surface area contributed by atoms with Crippen molar-refractivity contribution < 1.29 is 4.79 Å². The number of amides is 1. The predicted octanol–water partition coefficient (Wildman–Crippen LogP) is 1.29. The lowest BCUT2D eigenvalue weighted by Crippen LogP contribution is -2.46. The summed E-state index contributed by atoms with van der Waals surface area (Å²) in [6.07, 6.45) is 2.90. The van der Waals surface area contributed by atoms with Crippen LogP contribution in [-0.4, -0.2) is 25.0 Å². The van der Waals surface area contributed by atoms with Gasteiger partial charge < -0.3 is 10.6 Å². The largest absolute Gasteiger partial charge is 0.352 e. The summed E-state index contributed by atoms with van der Waals surface area (Å²) in [5.74, 6) is 0.186. The van der Waals surface area contributed by atoms with Crippen LogP contribution in [0, 0.1) is 5.41 Å². The molecule has 14 heavy (non-hydrogen) atoms. The summed E-state index contributed by atoms with van der Waals surface area (Å²) in [4.78, 5) is 11.6. The van der Waals surface area contributed by atoms with E-state index in [1.54, 1.807) is 0 Å². The first-order chi connectivity index (χ1) is 6.47. The van der Waals surface area contributed by atoms with Crippen molar-refractivity contribution in [3.8, 4) is 0 Å². The van der Waals surface area contributed by atoms with E-state index in [-0.39, 0.29) is 11.3 Å². The van der Waals surface area contributed by atoms with Crippen LogP contribution in [0.4, 0.5) is 0 Å². The van der Waals surface area contributed by atoms with Gasteiger partial charge >= 0.3 is 0 Å². The molecule has 1 aliphatic heterocycles. The minimum absolute atomic E-state index is 0.0895. The Morgan fingerprint density at radius 2 is 2.21 bits per heavy atom. The van der Waals surface area contributed by atoms with E-state index in [1.165, 1.54) is 6.42 Å². The van der Waals surface area contributed by atoms with Gasteiger partial charge in [0.2, 0.25) is 5.91 Å². The van der Waals surface area contributed by atoms with Gasteiger partial charge in [0.25, 0.3) is 0 Å². The van der Waals surface area contributed by atoms with Gasteiger partial charge in [-0.25, -0.2) is 0 Å². The molecule has 3 heteroatoms. The lowest BCUT2D eigenvalue weighted by Gasteiger charge is -2.25. The van der Waals surface area contributed by atoms with Crippen molar-refractivity contribution in [2.45, 2.75) is 46.1 Å². The number of hydrogen-bond donors (Lipinski definition) is 2. The first-order valence-corrected chi connectivity index (χ1v) is 5.47. The van der Waals surface area contributed by atoms with Crippen molar-refractivity contribution in [2.24, 2.45) is 5.41 Å². The molecule has 0 aliphatic carbocycles. The maximum absolute atomic E-state index is 11.6. The molecule has 0 spiro atoms. The van der Waals surface area contributed by atoms with E-state index in [4.69, 9.17) is 0 Å². The van der Waals surface area contributed by atoms with Gasteiger partial charge in [-0.1, -0.05) is 20.8 Å². The number of rotatable bonds is 2. The lowest BCUT2D eigenvalue weighted by atomic mass is 9.91. The van der Waals surface area contributed by atoms with Gasteiger partial charge in [-0.3, -0.25) is 4.79 Å². The number of hydrogen-bond acceptors (Lipinski definition) is 2. The summed E-state index contributed by atoms with van der Waals surface area (Å²) in [7, 11) is 0. The van der Waals surface area contributed by atoms with Gasteiger partial charge in [0.1, 0.15) is 0 Å². The number of carbonyl (C=O) groups excluding carboxylic acids is 1. The van der Waals surface area contributed by atoms with Crippen molar-refractivity contribution in [1.29, 1.82) is 0 Å². The van der Waals surface area contributed by atoms with Crippen molar-refractivity contribution >= 4 is 5.91 Å². The van der Waals surface area contributed by atoms with Crippen molar-refractivity contribution in [2.75, 3.05) is 13.1 Å². The van der Waals surface area contributed by atoms with Gasteiger partial charge in [0.15, 0.2) is 0 Å². The summed E-state index contributed by atoms with van der Waals surface area (Å²) < 4.78 is 0. The molecule has 0 bridgehead atoms. The molecule has 0 unspecified atom stereocenters. The molecule has 1 saturated heterocycles. The maximum atomic E-state index is 11.6. The molecule has 3 nitrogen and oxygen atoms in total. The van der Waals surface area contributed by atoms with Crippen molar-refractivity contribution in [3.05, 3.63) is 0 Å². The van der Waals surface area contributed by atoms with Crippen molar-refractivity contribution in [1.82, 2.24) is 10.6 Å². The second-order valence-corrected chi connectivity index (χ2v) is 5.35. The third-order valence-electron chi connectivity index (χ3n) is 2.35. The molecule has 0 radical (unpaired) electrons. The predicted molar refractivity (Wildman–Crippen MR) is 58.1 cm³/mol. The first kappa shape index (κ1) is 11.5. The Morgan fingerprint density at radius 1 is 1.50 bits per heavy atom. The van der Waals surface area contributed by atoms with E-state index >= 15 is 0 Å². The number of nitrogens with one attached hydrogen (secondary N) is 2. The molecule has 0 aromatic carbocycles. The zero-order valence-electron chi connectivity index (χ0n) is 9.52. The smallest absolute Gasteiger partial charge is 0.220 e. The van der Waals surface area contributed by atoms with E-state index in [9.17, 15) is 4.79 Å². The first-order valence-electron chi connectivity index (χ1n) is 5.47. The summed E-state index contributed by atoms with van der Waals surface area (Å²) in [5.41, 5.74) is 0.0895. The van der Waals surface area contributed by atoms with Gasteiger partial charge in [-0.15, -0.1) is 0 Å². The SMILES string of the molecule is CC(C)(C)CC(=O)N[C@H]1CCCNC1. The van der Waals surface area contributed by atoms with E-state index in [0.29, 0.717) is 12.5 Å². The fourth-order valence-corrected chi connectivity index (χ4v) is 1.74. The van der Waals surface area contributed by atoms with Crippen LogP contribution in [0.25, 0.3) is 0 Å². The molecular weight excluding hydrogens is 176 g/mol. The molecule has 0 aromatic rings. The van der Waals surface area contributed by atoms with Crippen LogP contribution in [0.1, 0.15) is 40.0 Å². The van der Waals surface area contributed by atoms with E-state index in [1.807, 2.05) is 0 Å². The Kier molecular flexibility index (Phi) is 3.93. The fourth-order valence-electron chi connectivity index (χ4n) is 1.74. The number of carbonyl (C=O) groups is 1. The standard InChI is InChI=1S/C11H22N2O/c1-11(2,3)7-10(14)13-9-5-4-6-12-8-9/h9,12H,4-8H2,1-3H3,(H,13,14)/t9-/m0/s1. The van der Waals surface area contributed by atoms with Crippen LogP contribution in [0.2, 0.25) is 0 Å². The van der Waals surface area contributed by atoms with Crippen LogP contribution in [-0.2, 0) is 4.79 Å². The molecule has 1 rings (SSSR count). The average Bonchev–Trinajstić information content (AvgIpc) is 2.02. The molecule has 1 fully saturated rings. The Labute approximate surface area is 86.6 Å². The van der Waals surface area contributed by atoms with Crippen LogP contribution < -0.4 is 10.6 Å². The Balaban J connectivity index is 2.25. The van der Waals surface area contributed by atoms with Crippen LogP contribution in [0.3, 0.4) is 0 Å². The Hall–Kier alpha value is -0.570. The van der Waals surface area contributed by atoms with Gasteiger partial charge in [-0.05, 0) is 24.8 Å². The second-order valence-electron chi connectivity index (χ2n) is 5.35. The zero-order chi connectivity index (χ0) is 10.6. The molecule has 1 atom stereocenters. The highest BCUT2D eigenvalue weighted by molar-refractivity contribution is 5.76. The van der Waals surface area contributed by atoms with Gasteiger partial charge in [-0.2, -0.15) is 0 Å². The zero-order valence-corrected chi connectivity index (χ0v) is 9.52. The molecule has 1 aliphatic rings. The van der Waals surface area contributed by atoms with Crippen LogP contribution in [0.5, 0.6) is 0 Å². The third kappa shape index (κ3) is 4.61. The van der Waals surface area contributed by atoms with Crippen LogP contribution in [0.15, 0.2) is 0 Å². The molecule has 1 heterocycles. The molecule has 0 aromatic heterocycles. The van der Waals surface area contributed by atoms with E-state index < -0.39 is 0 Å². The Morgan fingerprint density at radius 3 is 2.71 bits per heavy atom. The van der Waals surface area contributed by atoms with Gasteiger partial charge in [0, 0.05) is 19.0 Å². The molecular formula is C11H22N2O. The second kappa shape index (κ2) is 4.78. The van der Waals surface area contributed by atoms with Gasteiger partial charge in [0.05, 0.1) is 0 Å². The molecule has 1 amide bonds. The highest BCUT2D eigenvalue weighted by Gasteiger charge is 2.19. The summed E-state index contributed by atoms with van der Waals surface area (Å²) >= 11 is 0. The summed E-state index contributed by atoms with van der Waals surface area (Å²) in [6.45, 7) is 8.28. The topological polar surface area (TPSA) is 41.1 Å². The average molecular weight is 198 g/mol. The minimum atomic E-state index is 0.0895. The number of piperidine rings is 1. The monoisotopic (exact) mass is 198 g/mol. The quantitative estimate of drug-likeness (QED) is 0.702. The van der Waals surface area contributed by atoms with Crippen molar-refractivity contribution in [3.63, 3.8) is 0 Å². The lowest BCUT2D eigenvalue weighted by molar-refractivity contribution is -0.123. The third-order valence-corrected chi connectivity index (χ3v) is 2.35. The summed E-state index contributed by atoms with van der Waals surface area (Å²) in [5, 5.41) is 6.36. The molecule has 0 saturated carbocycles. The summed E-state index contributed by atoms with van der Waals surface area (Å²) in [6, 6.07) is 0.346. The fraction of sp³-hybridized carbons (Fsp3) is 0.909.